The Morgan fingerprint density at radius 3 is 1.80 bits per heavy atom. The van der Waals surface area contributed by atoms with E-state index in [2.05, 4.69) is 31.1 Å². The summed E-state index contributed by atoms with van der Waals surface area (Å²) in [6, 6.07) is 7.41. The molecular formula is C30H23Cl2F9NSiZr. The van der Waals surface area contributed by atoms with Crippen molar-refractivity contribution < 1.29 is 89.0 Å². The van der Waals surface area contributed by atoms with Crippen LogP contribution < -0.4 is 24.8 Å². The third kappa shape index (κ3) is 5.16. The summed E-state index contributed by atoms with van der Waals surface area (Å²) in [5, 5.41) is 3.27. The van der Waals surface area contributed by atoms with Gasteiger partial charge in [0.25, 0.3) is 0 Å². The van der Waals surface area contributed by atoms with E-state index in [1.165, 1.54) is 41.6 Å². The molecule has 2 aromatic carbocycles. The first-order chi connectivity index (χ1) is 19.3. The summed E-state index contributed by atoms with van der Waals surface area (Å²) in [7, 11) is -1.13. The zero-order valence-corrected chi connectivity index (χ0v) is 28.4. The molecule has 5 aliphatic rings. The van der Waals surface area contributed by atoms with Crippen molar-refractivity contribution in [3.05, 3.63) is 98.0 Å². The maximum atomic E-state index is 13.3. The van der Waals surface area contributed by atoms with Gasteiger partial charge in [-0.15, -0.1) is 0 Å². The molecule has 0 fully saturated rings. The minimum Gasteiger partial charge on any atom is -1.00 e. The Kier molecular flexibility index (Phi) is 9.75. The number of alkyl halides is 9. The Morgan fingerprint density at radius 2 is 1.32 bits per heavy atom. The van der Waals surface area contributed by atoms with Gasteiger partial charge in [0.15, 0.2) is 0 Å². The van der Waals surface area contributed by atoms with Gasteiger partial charge in [0.1, 0.15) is 8.07 Å². The Morgan fingerprint density at radius 1 is 0.773 bits per heavy atom. The van der Waals surface area contributed by atoms with Crippen molar-refractivity contribution >= 4 is 20.4 Å². The molecule has 2 aromatic rings. The molecule has 2 aliphatic carbocycles. The molecule has 1 unspecified atom stereocenters. The number of hydrogen-bond acceptors (Lipinski definition) is 1. The number of fused-ring (bicyclic) bond motifs is 1. The summed E-state index contributed by atoms with van der Waals surface area (Å²) in [5.41, 5.74) is -0.0822. The Labute approximate surface area is 276 Å². The first kappa shape index (κ1) is 36.6. The molecule has 2 bridgehead atoms. The summed E-state index contributed by atoms with van der Waals surface area (Å²) in [4.78, 5) is 4.42. The Bertz CT molecular complexity index is 1610. The number of allylic oxidation sites excluding steroid dienone is 5. The van der Waals surface area contributed by atoms with Crippen LogP contribution in [0.4, 0.5) is 39.5 Å². The molecule has 44 heavy (non-hydrogen) atoms. The van der Waals surface area contributed by atoms with Crippen molar-refractivity contribution in [2.24, 2.45) is 4.99 Å². The van der Waals surface area contributed by atoms with Gasteiger partial charge in [-0.05, 0) is 29.0 Å². The van der Waals surface area contributed by atoms with E-state index in [0.29, 0.717) is 5.56 Å². The zero-order valence-electron chi connectivity index (χ0n) is 23.5. The summed E-state index contributed by atoms with van der Waals surface area (Å²) >= 11 is 1.21. The van der Waals surface area contributed by atoms with E-state index in [-0.39, 0.29) is 46.1 Å². The van der Waals surface area contributed by atoms with Crippen LogP contribution in [0.3, 0.4) is 0 Å². The second-order valence-corrected chi connectivity index (χ2v) is 16.8. The van der Waals surface area contributed by atoms with Gasteiger partial charge in [-0.3, -0.25) is 4.99 Å². The Hall–Kier alpha value is -1.88. The first-order valence-electron chi connectivity index (χ1n) is 12.8. The minimum atomic E-state index is -6.63. The van der Waals surface area contributed by atoms with Crippen molar-refractivity contribution in [2.45, 2.75) is 54.5 Å². The molecule has 233 valence electrons. The predicted octanol–water partition coefficient (Wildman–Crippen LogP) is 3.67. The maximum Gasteiger partial charge on any atom is -1.00 e. The molecule has 0 spiro atoms. The molecule has 1 atom stereocenters. The summed E-state index contributed by atoms with van der Waals surface area (Å²) in [6.07, 6.45) is -13.9. The normalized spacial score (nSPS) is 19.7. The van der Waals surface area contributed by atoms with E-state index in [4.69, 9.17) is 0 Å². The zero-order chi connectivity index (χ0) is 31.2. The fraction of sp³-hybridized carbons (Fsp3) is 0.300. The third-order valence-corrected chi connectivity index (χ3v) is 14.0. The van der Waals surface area contributed by atoms with E-state index >= 15 is 0 Å². The van der Waals surface area contributed by atoms with Crippen LogP contribution in [-0.2, 0) is 30.1 Å². The summed E-state index contributed by atoms with van der Waals surface area (Å²) < 4.78 is 120. The van der Waals surface area contributed by atoms with Crippen LogP contribution in [-0.4, -0.2) is 32.8 Å². The third-order valence-electron chi connectivity index (χ3n) is 8.39. The van der Waals surface area contributed by atoms with Gasteiger partial charge in [-0.1, -0.05) is 13.1 Å². The number of aliphatic imine (C=N–C) groups is 1. The molecule has 1 nitrogen and oxygen atoms in total. The van der Waals surface area contributed by atoms with Crippen molar-refractivity contribution in [1.82, 2.24) is 0 Å². The molecule has 0 N–H and O–H groups in total. The molecule has 0 aromatic heterocycles. The van der Waals surface area contributed by atoms with Crippen LogP contribution in [0.25, 0.3) is 17.2 Å². The van der Waals surface area contributed by atoms with E-state index in [0.717, 1.165) is 28.8 Å². The van der Waals surface area contributed by atoms with Crippen LogP contribution >= 0.6 is 0 Å². The summed E-state index contributed by atoms with van der Waals surface area (Å²) in [5.74, 6) is 0. The van der Waals surface area contributed by atoms with Gasteiger partial charge in [0.05, 0.1) is 5.70 Å². The van der Waals surface area contributed by atoms with Gasteiger partial charge in [-0.25, -0.2) is 0 Å². The molecule has 7 rings (SSSR count). The van der Waals surface area contributed by atoms with Gasteiger partial charge in [0.2, 0.25) is 0 Å². The van der Waals surface area contributed by atoms with Crippen LogP contribution in [0.1, 0.15) is 34.2 Å². The second kappa shape index (κ2) is 11.7. The van der Waals surface area contributed by atoms with Crippen molar-refractivity contribution in [1.29, 1.82) is 0 Å². The van der Waals surface area contributed by atoms with Crippen molar-refractivity contribution in [3.8, 4) is 11.1 Å². The van der Waals surface area contributed by atoms with E-state index in [1.54, 1.807) is 22.5 Å². The van der Waals surface area contributed by atoms with Gasteiger partial charge in [0, 0.05) is 11.8 Å². The smallest absolute Gasteiger partial charge is 1.00 e. The quantitative estimate of drug-likeness (QED) is 0.328. The second-order valence-electron chi connectivity index (χ2n) is 11.2. The average molecular weight is 759 g/mol. The first-order valence-corrected chi connectivity index (χ1v) is 17.2. The number of benzene rings is 2. The topological polar surface area (TPSA) is 12.4 Å². The van der Waals surface area contributed by atoms with Gasteiger partial charge >= 0.3 is 181 Å². The van der Waals surface area contributed by atoms with Crippen LogP contribution in [0.2, 0.25) is 13.1 Å². The SMILES string of the molecule is CC1=C2C3=CC=NC3=C1[Si]2(C)C.CC1=Cc2c(-c3ccc(C(C(F)(F)F)(C(F)(F)F)C(F)(F)F)cc3)cccc2[CH]1[Zr+2].[Cl-].[Cl-]. The average Bonchev–Trinajstić information content (AvgIpc) is 3.54. The molecule has 3 aliphatic heterocycles. The van der Waals surface area contributed by atoms with Gasteiger partial charge in [-0.2, -0.15) is 0 Å². The minimum absolute atomic E-state index is 0. The van der Waals surface area contributed by atoms with Crippen LogP contribution in [0, 0.1) is 0 Å². The number of halogens is 11. The molecule has 3 heterocycles. The van der Waals surface area contributed by atoms with E-state index in [9.17, 15) is 39.5 Å². The largest absolute Gasteiger partial charge is 1.00 e. The molecule has 0 radical (unpaired) electrons. The number of hydrogen-bond donors (Lipinski definition) is 0. The van der Waals surface area contributed by atoms with Crippen molar-refractivity contribution in [3.63, 3.8) is 0 Å². The number of nitrogens with zero attached hydrogens (tertiary/aromatic N) is 1. The fourth-order valence-electron chi connectivity index (χ4n) is 6.55. The fourth-order valence-corrected chi connectivity index (χ4v) is 11.2. The monoisotopic (exact) mass is 756 g/mol. The van der Waals surface area contributed by atoms with E-state index < -0.39 is 37.6 Å². The molecular weight excluding hydrogens is 736 g/mol. The van der Waals surface area contributed by atoms with Crippen molar-refractivity contribution in [2.75, 3.05) is 0 Å². The molecule has 14 heteroatoms. The molecule has 0 saturated carbocycles. The number of rotatable bonds is 2. The van der Waals surface area contributed by atoms with Crippen LogP contribution in [0.15, 0.2) is 86.3 Å². The Balaban J connectivity index is 0.000000313. The standard InChI is InChI=1S/C20H12F9.C10H11NSi.2ClH.Zr/c1-11-9-13-3-2-4-15(16(13)10-11)12-5-7-14(8-6-12)17(18(21,22)23,19(24,25)26)20(27,28)29;1-6-9-7-4-5-11-8(7)10(6)12(9,2)3;;;/h2-10H,1H3;4-5H,1-3H3;2*1H;/q;;;;+2/p-2. The van der Waals surface area contributed by atoms with E-state index in [1.807, 2.05) is 25.3 Å². The predicted molar refractivity (Wildman–Crippen MR) is 142 cm³/mol. The molecule has 0 saturated heterocycles. The maximum absolute atomic E-state index is 13.3. The molecule has 0 amide bonds. The van der Waals surface area contributed by atoms with Crippen LogP contribution in [0.5, 0.6) is 0 Å². The van der Waals surface area contributed by atoms with Gasteiger partial charge < -0.3 is 24.8 Å². The summed E-state index contributed by atoms with van der Waals surface area (Å²) in [6.45, 7) is 8.99.